The Morgan fingerprint density at radius 1 is 1.27 bits per heavy atom. The summed E-state index contributed by atoms with van der Waals surface area (Å²) in [5, 5.41) is 20.0. The molecule has 1 unspecified atom stereocenters. The van der Waals surface area contributed by atoms with Crippen LogP contribution in [0.15, 0.2) is 0 Å². The first-order valence-electron chi connectivity index (χ1n) is 4.86. The molecule has 1 atom stereocenters. The molecule has 0 spiro atoms. The number of carboxylic acid groups (broad SMARTS) is 2. The zero-order valence-electron chi connectivity index (χ0n) is 8.48. The number of carboxylic acids is 2. The van der Waals surface area contributed by atoms with Gasteiger partial charge in [-0.1, -0.05) is 0 Å². The first kappa shape index (κ1) is 14.2. The molecule has 6 heteroatoms. The molecule has 3 N–H and O–H groups in total. The maximum Gasteiger partial charge on any atom is 0.320 e. The summed E-state index contributed by atoms with van der Waals surface area (Å²) in [6, 6.07) is -0.577. The van der Waals surface area contributed by atoms with Gasteiger partial charge in [-0.05, 0) is 31.6 Å². The van der Waals surface area contributed by atoms with Gasteiger partial charge < -0.3 is 15.5 Å². The maximum absolute atomic E-state index is 10.7. The number of unbranched alkanes of at least 4 members (excludes halogenated alkanes) is 1. The normalized spacial score (nSPS) is 12.3. The lowest BCUT2D eigenvalue weighted by molar-refractivity contribution is -0.140. The fraction of sp³-hybridized carbons (Fsp3) is 0.778. The van der Waals surface area contributed by atoms with Crippen LogP contribution in [0.2, 0.25) is 0 Å². The molecule has 15 heavy (non-hydrogen) atoms. The predicted octanol–water partition coefficient (Wildman–Crippen LogP) is 0.604. The molecule has 0 saturated carbocycles. The lowest BCUT2D eigenvalue weighted by atomic mass is 10.2. The highest BCUT2D eigenvalue weighted by atomic mass is 32.1. The first-order chi connectivity index (χ1) is 7.07. The van der Waals surface area contributed by atoms with Gasteiger partial charge in [-0.3, -0.25) is 9.59 Å². The second-order valence-electron chi connectivity index (χ2n) is 3.21. The van der Waals surface area contributed by atoms with Crippen LogP contribution in [0.5, 0.6) is 0 Å². The van der Waals surface area contributed by atoms with Crippen molar-refractivity contribution in [3.8, 4) is 0 Å². The number of nitrogens with one attached hydrogen (secondary N) is 1. The second kappa shape index (κ2) is 8.55. The lowest BCUT2D eigenvalue weighted by Crippen LogP contribution is -2.37. The van der Waals surface area contributed by atoms with Crippen LogP contribution in [0.3, 0.4) is 0 Å². The number of hydrogen-bond donors (Lipinski definition) is 4. The quantitative estimate of drug-likeness (QED) is 0.347. The molecule has 0 heterocycles. The molecule has 0 aliphatic heterocycles. The molecule has 0 aliphatic carbocycles. The highest BCUT2D eigenvalue weighted by Crippen LogP contribution is 1.98. The van der Waals surface area contributed by atoms with Gasteiger partial charge in [0.1, 0.15) is 6.04 Å². The van der Waals surface area contributed by atoms with Crippen molar-refractivity contribution in [2.45, 2.75) is 31.7 Å². The van der Waals surface area contributed by atoms with E-state index in [2.05, 4.69) is 17.9 Å². The molecule has 0 radical (unpaired) electrons. The molecule has 0 saturated heterocycles. The van der Waals surface area contributed by atoms with Crippen LogP contribution in [0, 0.1) is 0 Å². The standard InChI is InChI=1S/C9H17NO4S/c11-8(12)3-1-2-5-10-7(4-6-15)9(13)14/h7,10,15H,1-6H2,(H,11,12)(H,13,14). The van der Waals surface area contributed by atoms with Crippen LogP contribution < -0.4 is 5.32 Å². The van der Waals surface area contributed by atoms with Crippen molar-refractivity contribution in [3.05, 3.63) is 0 Å². The Morgan fingerprint density at radius 2 is 1.93 bits per heavy atom. The Morgan fingerprint density at radius 3 is 2.40 bits per heavy atom. The third kappa shape index (κ3) is 8.26. The summed E-state index contributed by atoms with van der Waals surface area (Å²) >= 11 is 3.96. The van der Waals surface area contributed by atoms with E-state index in [1.165, 1.54) is 0 Å². The second-order valence-corrected chi connectivity index (χ2v) is 3.66. The maximum atomic E-state index is 10.7. The molecule has 5 nitrogen and oxygen atoms in total. The van der Waals surface area contributed by atoms with Gasteiger partial charge in [0.2, 0.25) is 0 Å². The zero-order chi connectivity index (χ0) is 11.7. The van der Waals surface area contributed by atoms with E-state index in [0.29, 0.717) is 31.6 Å². The van der Waals surface area contributed by atoms with Crippen molar-refractivity contribution in [2.75, 3.05) is 12.3 Å². The average Bonchev–Trinajstić information content (AvgIpc) is 2.15. The molecular formula is C9H17NO4S. The third-order valence-electron chi connectivity index (χ3n) is 1.92. The topological polar surface area (TPSA) is 86.6 Å². The van der Waals surface area contributed by atoms with E-state index in [4.69, 9.17) is 10.2 Å². The molecule has 0 fully saturated rings. The molecule has 0 aromatic rings. The summed E-state index contributed by atoms with van der Waals surface area (Å²) in [5.41, 5.74) is 0. The Labute approximate surface area is 94.3 Å². The largest absolute Gasteiger partial charge is 0.481 e. The minimum Gasteiger partial charge on any atom is -0.481 e. The fourth-order valence-corrected chi connectivity index (χ4v) is 1.38. The van der Waals surface area contributed by atoms with Crippen LogP contribution in [0.1, 0.15) is 25.7 Å². The molecule has 0 bridgehead atoms. The number of carbonyl (C=O) groups is 2. The van der Waals surface area contributed by atoms with Gasteiger partial charge in [0.05, 0.1) is 0 Å². The van der Waals surface area contributed by atoms with Crippen LogP contribution in [-0.2, 0) is 9.59 Å². The number of rotatable bonds is 9. The predicted molar refractivity (Wildman–Crippen MR) is 59.4 cm³/mol. The smallest absolute Gasteiger partial charge is 0.320 e. The van der Waals surface area contributed by atoms with E-state index < -0.39 is 18.0 Å². The highest BCUT2D eigenvalue weighted by Gasteiger charge is 2.14. The van der Waals surface area contributed by atoms with Gasteiger partial charge in [-0.2, -0.15) is 12.6 Å². The molecule has 0 rings (SSSR count). The summed E-state index contributed by atoms with van der Waals surface area (Å²) in [6.45, 7) is 0.526. The van der Waals surface area contributed by atoms with Crippen LogP contribution in [-0.4, -0.2) is 40.5 Å². The molecular weight excluding hydrogens is 218 g/mol. The van der Waals surface area contributed by atoms with Gasteiger partial charge in [0.15, 0.2) is 0 Å². The molecule has 0 aliphatic rings. The van der Waals surface area contributed by atoms with E-state index in [9.17, 15) is 9.59 Å². The van der Waals surface area contributed by atoms with Gasteiger partial charge >= 0.3 is 11.9 Å². The van der Waals surface area contributed by atoms with Crippen LogP contribution >= 0.6 is 12.6 Å². The summed E-state index contributed by atoms with van der Waals surface area (Å²) in [5.74, 6) is -1.19. The van der Waals surface area contributed by atoms with E-state index in [0.717, 1.165) is 0 Å². The lowest BCUT2D eigenvalue weighted by Gasteiger charge is -2.12. The van der Waals surface area contributed by atoms with Crippen LogP contribution in [0.25, 0.3) is 0 Å². The monoisotopic (exact) mass is 235 g/mol. The number of hydrogen-bond acceptors (Lipinski definition) is 4. The molecule has 88 valence electrons. The van der Waals surface area contributed by atoms with E-state index in [-0.39, 0.29) is 6.42 Å². The fourth-order valence-electron chi connectivity index (χ4n) is 1.12. The van der Waals surface area contributed by atoms with Gasteiger partial charge in [-0.25, -0.2) is 0 Å². The van der Waals surface area contributed by atoms with Gasteiger partial charge in [0.25, 0.3) is 0 Å². The summed E-state index contributed by atoms with van der Waals surface area (Å²) < 4.78 is 0. The minimum atomic E-state index is -0.887. The van der Waals surface area contributed by atoms with Gasteiger partial charge in [-0.15, -0.1) is 0 Å². The van der Waals surface area contributed by atoms with Crippen molar-refractivity contribution in [2.24, 2.45) is 0 Å². The van der Waals surface area contributed by atoms with Crippen molar-refractivity contribution < 1.29 is 19.8 Å². The average molecular weight is 235 g/mol. The Bertz CT molecular complexity index is 210. The first-order valence-corrected chi connectivity index (χ1v) is 5.50. The van der Waals surface area contributed by atoms with Crippen LogP contribution in [0.4, 0.5) is 0 Å². The van der Waals surface area contributed by atoms with Crippen molar-refractivity contribution >= 4 is 24.6 Å². The summed E-state index contributed by atoms with van der Waals surface area (Å²) in [4.78, 5) is 20.9. The summed E-state index contributed by atoms with van der Waals surface area (Å²) in [7, 11) is 0. The minimum absolute atomic E-state index is 0.131. The van der Waals surface area contributed by atoms with Crippen molar-refractivity contribution in [3.63, 3.8) is 0 Å². The highest BCUT2D eigenvalue weighted by molar-refractivity contribution is 7.80. The summed E-state index contributed by atoms with van der Waals surface area (Å²) in [6.07, 6.45) is 1.83. The van der Waals surface area contributed by atoms with Gasteiger partial charge in [0, 0.05) is 6.42 Å². The molecule has 0 amide bonds. The van der Waals surface area contributed by atoms with Crippen molar-refractivity contribution in [1.29, 1.82) is 0 Å². The van der Waals surface area contributed by atoms with E-state index in [1.54, 1.807) is 0 Å². The molecule has 0 aromatic carbocycles. The Balaban J connectivity index is 3.53. The third-order valence-corrected chi connectivity index (χ3v) is 2.18. The van der Waals surface area contributed by atoms with Crippen molar-refractivity contribution in [1.82, 2.24) is 5.32 Å². The Kier molecular flexibility index (Phi) is 8.12. The number of thiol groups is 1. The molecule has 0 aromatic heterocycles. The SMILES string of the molecule is O=C(O)CCCCNC(CCS)C(=O)O. The number of aliphatic carboxylic acids is 2. The Hall–Kier alpha value is -0.750. The van der Waals surface area contributed by atoms with E-state index >= 15 is 0 Å². The van der Waals surface area contributed by atoms with E-state index in [1.807, 2.05) is 0 Å². The zero-order valence-corrected chi connectivity index (χ0v) is 9.37.